The van der Waals surface area contributed by atoms with Gasteiger partial charge in [0.15, 0.2) is 0 Å². The van der Waals surface area contributed by atoms with Crippen molar-refractivity contribution in [1.29, 1.82) is 0 Å². The molecule has 0 fully saturated rings. The van der Waals surface area contributed by atoms with Gasteiger partial charge in [0.1, 0.15) is 23.8 Å². The molecule has 0 aliphatic rings. The van der Waals surface area contributed by atoms with E-state index in [1.807, 2.05) is 78.3 Å². The molecule has 1 amide bonds. The molecule has 2 aromatic carbocycles. The number of benzene rings is 2. The number of nitrogens with one attached hydrogen (secondary N) is 2. The van der Waals surface area contributed by atoms with E-state index in [9.17, 15) is 4.79 Å². The summed E-state index contributed by atoms with van der Waals surface area (Å²) >= 11 is 0. The summed E-state index contributed by atoms with van der Waals surface area (Å²) in [5.74, 6) is 0.991. The maximum atomic E-state index is 13.0. The number of amides is 1. The van der Waals surface area contributed by atoms with E-state index in [4.69, 9.17) is 4.74 Å². The third-order valence-electron chi connectivity index (χ3n) is 5.09. The molecule has 0 saturated carbocycles. The first kappa shape index (κ1) is 18.9. The summed E-state index contributed by atoms with van der Waals surface area (Å²) in [5.41, 5.74) is 3.92. The Morgan fingerprint density at radius 3 is 2.74 bits per heavy atom. The molecule has 1 atom stereocenters. The number of rotatable bonds is 6. The molecule has 0 bridgehead atoms. The molecular formula is C24H21N5O2. The maximum absolute atomic E-state index is 13.0. The Balaban J connectivity index is 1.31. The summed E-state index contributed by atoms with van der Waals surface area (Å²) in [6.45, 7) is 2.17. The number of carbonyl (C=O) groups excluding carboxylic acids is 1. The van der Waals surface area contributed by atoms with Crippen molar-refractivity contribution in [2.24, 2.45) is 0 Å². The highest BCUT2D eigenvalue weighted by atomic mass is 16.5. The summed E-state index contributed by atoms with van der Waals surface area (Å²) in [6, 6.07) is 20.5. The van der Waals surface area contributed by atoms with Crippen LogP contribution < -0.4 is 10.1 Å². The minimum Gasteiger partial charge on any atom is -0.486 e. The van der Waals surface area contributed by atoms with Crippen molar-refractivity contribution in [3.63, 3.8) is 0 Å². The largest absolute Gasteiger partial charge is 0.486 e. The highest BCUT2D eigenvalue weighted by molar-refractivity contribution is 5.97. The second-order valence-corrected chi connectivity index (χ2v) is 7.32. The van der Waals surface area contributed by atoms with Gasteiger partial charge in [0.25, 0.3) is 5.91 Å². The van der Waals surface area contributed by atoms with Crippen LogP contribution in [0.1, 0.15) is 34.8 Å². The number of ether oxygens (including phenoxy) is 1. The van der Waals surface area contributed by atoms with Crippen molar-refractivity contribution in [3.05, 3.63) is 96.2 Å². The number of hydrogen-bond donors (Lipinski definition) is 2. The maximum Gasteiger partial charge on any atom is 0.255 e. The minimum atomic E-state index is -0.286. The van der Waals surface area contributed by atoms with Gasteiger partial charge in [-0.15, -0.1) is 0 Å². The average molecular weight is 411 g/mol. The number of aromatic amines is 1. The molecule has 154 valence electrons. The Morgan fingerprint density at radius 1 is 1.06 bits per heavy atom. The zero-order valence-corrected chi connectivity index (χ0v) is 16.9. The lowest BCUT2D eigenvalue weighted by Crippen LogP contribution is -2.27. The third-order valence-corrected chi connectivity index (χ3v) is 5.09. The Morgan fingerprint density at radius 2 is 1.87 bits per heavy atom. The van der Waals surface area contributed by atoms with Crippen LogP contribution in [0.3, 0.4) is 0 Å². The van der Waals surface area contributed by atoms with Crippen LogP contribution in [0.5, 0.6) is 5.75 Å². The molecular weight excluding hydrogens is 390 g/mol. The molecule has 7 nitrogen and oxygen atoms in total. The van der Waals surface area contributed by atoms with Gasteiger partial charge >= 0.3 is 0 Å². The molecule has 0 aliphatic heterocycles. The molecule has 0 spiro atoms. The van der Waals surface area contributed by atoms with Crippen LogP contribution in [0.2, 0.25) is 0 Å². The molecule has 31 heavy (non-hydrogen) atoms. The molecule has 2 N–H and O–H groups in total. The first-order valence-corrected chi connectivity index (χ1v) is 10.1. The monoisotopic (exact) mass is 411 g/mol. The molecule has 5 aromatic rings. The molecule has 3 heterocycles. The van der Waals surface area contributed by atoms with Crippen LogP contribution in [-0.2, 0) is 6.61 Å². The third kappa shape index (κ3) is 3.85. The number of H-pyrrole nitrogens is 1. The topological polar surface area (TPSA) is 84.3 Å². The average Bonchev–Trinajstić information content (AvgIpc) is 3.41. The van der Waals surface area contributed by atoms with E-state index in [0.717, 1.165) is 22.4 Å². The van der Waals surface area contributed by atoms with Crippen molar-refractivity contribution in [3.8, 4) is 5.75 Å². The quantitative estimate of drug-likeness (QED) is 0.437. The fourth-order valence-electron chi connectivity index (χ4n) is 3.51. The van der Waals surface area contributed by atoms with Gasteiger partial charge in [0.05, 0.1) is 28.3 Å². The number of fused-ring (bicyclic) bond motifs is 2. The van der Waals surface area contributed by atoms with E-state index >= 15 is 0 Å². The summed E-state index contributed by atoms with van der Waals surface area (Å²) in [6.07, 6.45) is 3.86. The van der Waals surface area contributed by atoms with Crippen molar-refractivity contribution >= 4 is 22.6 Å². The predicted octanol–water partition coefficient (Wildman–Crippen LogP) is 4.28. The SMILES string of the molecule is C[C@@H](NC(=O)c1ccccc1OCc1cn2ccccc2n1)c1nc2ccccc2[nH]1. The van der Waals surface area contributed by atoms with Gasteiger partial charge in [-0.25, -0.2) is 9.97 Å². The van der Waals surface area contributed by atoms with E-state index in [0.29, 0.717) is 17.1 Å². The van der Waals surface area contributed by atoms with Gasteiger partial charge < -0.3 is 19.4 Å². The van der Waals surface area contributed by atoms with Crippen LogP contribution in [0.25, 0.3) is 16.7 Å². The van der Waals surface area contributed by atoms with Gasteiger partial charge in [-0.2, -0.15) is 0 Å². The summed E-state index contributed by atoms with van der Waals surface area (Å²) in [7, 11) is 0. The van der Waals surface area contributed by atoms with Gasteiger partial charge in [-0.3, -0.25) is 4.79 Å². The highest BCUT2D eigenvalue weighted by Crippen LogP contribution is 2.21. The number of carbonyl (C=O) groups is 1. The fourth-order valence-corrected chi connectivity index (χ4v) is 3.51. The van der Waals surface area contributed by atoms with Crippen LogP contribution >= 0.6 is 0 Å². The zero-order chi connectivity index (χ0) is 21.2. The fraction of sp³-hybridized carbons (Fsp3) is 0.125. The Bertz CT molecular complexity index is 1300. The number of pyridine rings is 1. The number of nitrogens with zero attached hydrogens (tertiary/aromatic N) is 3. The molecule has 0 unspecified atom stereocenters. The van der Waals surface area contributed by atoms with E-state index in [-0.39, 0.29) is 18.6 Å². The second kappa shape index (κ2) is 7.95. The molecule has 0 saturated heterocycles. The lowest BCUT2D eigenvalue weighted by atomic mass is 10.1. The lowest BCUT2D eigenvalue weighted by Gasteiger charge is -2.14. The smallest absolute Gasteiger partial charge is 0.255 e. The Labute approximate surface area is 178 Å². The highest BCUT2D eigenvalue weighted by Gasteiger charge is 2.18. The Kier molecular flexibility index (Phi) is 4.84. The normalized spacial score (nSPS) is 12.2. The van der Waals surface area contributed by atoms with Crippen LogP contribution in [0.15, 0.2) is 79.1 Å². The molecule has 5 rings (SSSR count). The van der Waals surface area contributed by atoms with Crippen molar-refractivity contribution in [2.45, 2.75) is 19.6 Å². The second-order valence-electron chi connectivity index (χ2n) is 7.32. The zero-order valence-electron chi connectivity index (χ0n) is 16.9. The van der Waals surface area contributed by atoms with Crippen molar-refractivity contribution < 1.29 is 9.53 Å². The number of aromatic nitrogens is 4. The first-order valence-electron chi connectivity index (χ1n) is 10.1. The summed E-state index contributed by atoms with van der Waals surface area (Å²) in [5, 5.41) is 3.00. The molecule has 0 aliphatic carbocycles. The van der Waals surface area contributed by atoms with Crippen LogP contribution in [-0.4, -0.2) is 25.3 Å². The van der Waals surface area contributed by atoms with Crippen molar-refractivity contribution in [2.75, 3.05) is 0 Å². The van der Waals surface area contributed by atoms with Crippen LogP contribution in [0.4, 0.5) is 0 Å². The Hall–Kier alpha value is -4.13. The van der Waals surface area contributed by atoms with Gasteiger partial charge in [0.2, 0.25) is 0 Å². The van der Waals surface area contributed by atoms with Gasteiger partial charge in [0, 0.05) is 12.4 Å². The van der Waals surface area contributed by atoms with Gasteiger partial charge in [-0.1, -0.05) is 30.3 Å². The lowest BCUT2D eigenvalue weighted by molar-refractivity contribution is 0.0934. The first-order chi connectivity index (χ1) is 15.2. The van der Waals surface area contributed by atoms with Gasteiger partial charge in [-0.05, 0) is 43.3 Å². The number of hydrogen-bond acceptors (Lipinski definition) is 4. The summed E-state index contributed by atoms with van der Waals surface area (Å²) < 4.78 is 7.89. The van der Waals surface area contributed by atoms with Crippen molar-refractivity contribution in [1.82, 2.24) is 24.7 Å². The van der Waals surface area contributed by atoms with E-state index < -0.39 is 0 Å². The molecule has 0 radical (unpaired) electrons. The molecule has 3 aromatic heterocycles. The summed E-state index contributed by atoms with van der Waals surface area (Å²) in [4.78, 5) is 25.3. The number of para-hydroxylation sites is 3. The van der Waals surface area contributed by atoms with Crippen LogP contribution in [0, 0.1) is 0 Å². The van der Waals surface area contributed by atoms with E-state index in [1.165, 1.54) is 0 Å². The molecule has 7 heteroatoms. The van der Waals surface area contributed by atoms with E-state index in [2.05, 4.69) is 20.3 Å². The predicted molar refractivity (Wildman–Crippen MR) is 118 cm³/mol. The minimum absolute atomic E-state index is 0.224. The standard InChI is InChI=1S/C24H21N5O2/c1-16(23-27-19-9-3-4-10-20(19)28-23)25-24(30)18-8-2-5-11-21(18)31-15-17-14-29-13-7-6-12-22(29)26-17/h2-14,16H,15H2,1H3,(H,25,30)(H,27,28)/t16-/m1/s1. The number of imidazole rings is 2. The van der Waals surface area contributed by atoms with E-state index in [1.54, 1.807) is 12.1 Å².